The zero-order valence-electron chi connectivity index (χ0n) is 17.9. The molecule has 0 bridgehead atoms. The first-order valence-electron chi connectivity index (χ1n) is 10.8. The predicted molar refractivity (Wildman–Crippen MR) is 116 cm³/mol. The van der Waals surface area contributed by atoms with E-state index in [4.69, 9.17) is 4.74 Å². The van der Waals surface area contributed by atoms with Gasteiger partial charge >= 0.3 is 12.0 Å². The molecule has 0 spiro atoms. The summed E-state index contributed by atoms with van der Waals surface area (Å²) >= 11 is 0. The van der Waals surface area contributed by atoms with Gasteiger partial charge in [0.2, 0.25) is 0 Å². The summed E-state index contributed by atoms with van der Waals surface area (Å²) in [6, 6.07) is 19.0. The van der Waals surface area contributed by atoms with Crippen LogP contribution in [-0.2, 0) is 27.4 Å². The van der Waals surface area contributed by atoms with Gasteiger partial charge in [-0.05, 0) is 18.1 Å². The maximum absolute atomic E-state index is 13.0. The highest BCUT2D eigenvalue weighted by Gasteiger charge is 2.52. The lowest BCUT2D eigenvalue weighted by molar-refractivity contribution is -0.792. The molecule has 1 N–H and O–H groups in total. The van der Waals surface area contributed by atoms with E-state index in [2.05, 4.69) is 0 Å². The number of hydrogen-bond acceptors (Lipinski definition) is 4. The molecule has 1 unspecified atom stereocenters. The lowest BCUT2D eigenvalue weighted by Gasteiger charge is -2.29. The molecule has 1 saturated heterocycles. The number of rotatable bonds is 9. The topological polar surface area (TPSA) is 80.7 Å². The van der Waals surface area contributed by atoms with E-state index in [0.29, 0.717) is 32.4 Å². The summed E-state index contributed by atoms with van der Waals surface area (Å²) in [6.45, 7) is 2.38. The van der Waals surface area contributed by atoms with Crippen LogP contribution < -0.4 is 0 Å². The lowest BCUT2D eigenvalue weighted by atomic mass is 10.0. The van der Waals surface area contributed by atoms with Crippen molar-refractivity contribution in [2.24, 2.45) is 0 Å². The van der Waals surface area contributed by atoms with Crippen LogP contribution in [0.5, 0.6) is 0 Å². The Morgan fingerprint density at radius 2 is 1.61 bits per heavy atom. The van der Waals surface area contributed by atoms with Gasteiger partial charge in [-0.3, -0.25) is 4.79 Å². The van der Waals surface area contributed by atoms with E-state index in [1.54, 1.807) is 6.92 Å². The molecular weight excluding hydrogens is 394 g/mol. The van der Waals surface area contributed by atoms with Crippen molar-refractivity contribution in [1.82, 2.24) is 0 Å². The molecule has 6 heteroatoms. The Bertz CT molecular complexity index is 899. The number of likely N-dealkylation sites (tertiary alicyclic amines) is 1. The fourth-order valence-electron chi connectivity index (χ4n) is 4.29. The molecule has 2 aromatic rings. The number of imide groups is 1. The van der Waals surface area contributed by atoms with Crippen LogP contribution in [0.4, 0.5) is 4.79 Å². The predicted octanol–water partition coefficient (Wildman–Crippen LogP) is 4.37. The van der Waals surface area contributed by atoms with Gasteiger partial charge in [-0.25, -0.2) is 4.79 Å². The van der Waals surface area contributed by atoms with E-state index in [-0.39, 0.29) is 24.7 Å². The molecule has 0 saturated carbocycles. The molecule has 0 aromatic heterocycles. The maximum Gasteiger partial charge on any atom is 0.521 e. The smallest absolute Gasteiger partial charge is 0.435 e. The molecule has 31 heavy (non-hydrogen) atoms. The van der Waals surface area contributed by atoms with E-state index in [0.717, 1.165) is 11.1 Å². The number of ether oxygens (including phenoxy) is 1. The molecule has 1 heterocycles. The van der Waals surface area contributed by atoms with E-state index in [1.165, 1.54) is 0 Å². The minimum Gasteiger partial charge on any atom is -0.435 e. The molecule has 0 aliphatic carbocycles. The second-order valence-corrected chi connectivity index (χ2v) is 8.20. The standard InChI is InChI=1S/C25H29NO5/c1-19-9-8-16-26(19,25(29)30)24(28)15-14-22(27)23(17-20-10-4-2-5-11-20)31-18-21-12-6-3-7-13-21/h2-7,10-13,19,23H,8-9,14-18H2,1H3/p+1/t19-,23+,26?/m1/s1. The van der Waals surface area contributed by atoms with Crippen molar-refractivity contribution in [1.29, 1.82) is 0 Å². The van der Waals surface area contributed by atoms with Crippen molar-refractivity contribution < 1.29 is 28.7 Å². The molecule has 1 aliphatic rings. The molecule has 3 atom stereocenters. The van der Waals surface area contributed by atoms with Gasteiger partial charge < -0.3 is 9.84 Å². The Labute approximate surface area is 183 Å². The van der Waals surface area contributed by atoms with Gasteiger partial charge in [0.05, 0.1) is 19.6 Å². The number of nitrogens with zero attached hydrogens (tertiary/aromatic N) is 1. The van der Waals surface area contributed by atoms with E-state index in [1.807, 2.05) is 60.7 Å². The Balaban J connectivity index is 1.67. The van der Waals surface area contributed by atoms with Crippen LogP contribution >= 0.6 is 0 Å². The lowest BCUT2D eigenvalue weighted by Crippen LogP contribution is -2.58. The minimum atomic E-state index is -1.12. The van der Waals surface area contributed by atoms with Gasteiger partial charge in [-0.2, -0.15) is 9.28 Å². The summed E-state index contributed by atoms with van der Waals surface area (Å²) in [7, 11) is 0. The van der Waals surface area contributed by atoms with Crippen LogP contribution in [0.15, 0.2) is 60.7 Å². The van der Waals surface area contributed by atoms with Crippen molar-refractivity contribution >= 4 is 17.8 Å². The second-order valence-electron chi connectivity index (χ2n) is 8.20. The van der Waals surface area contributed by atoms with Gasteiger partial charge in [0.25, 0.3) is 0 Å². The van der Waals surface area contributed by atoms with Crippen molar-refractivity contribution in [2.45, 2.75) is 57.8 Å². The van der Waals surface area contributed by atoms with Gasteiger partial charge in [-0.1, -0.05) is 60.7 Å². The molecule has 2 aromatic carbocycles. The number of hydrogen-bond donors (Lipinski definition) is 1. The third-order valence-corrected chi connectivity index (χ3v) is 6.17. The average Bonchev–Trinajstić information content (AvgIpc) is 3.18. The number of carbonyl (C=O) groups excluding carboxylic acids is 2. The second kappa shape index (κ2) is 10.5. The molecule has 1 aliphatic heterocycles. The number of quaternary nitrogens is 1. The fraction of sp³-hybridized carbons (Fsp3) is 0.400. The fourth-order valence-corrected chi connectivity index (χ4v) is 4.29. The zero-order valence-corrected chi connectivity index (χ0v) is 17.9. The van der Waals surface area contributed by atoms with Crippen LogP contribution in [0.2, 0.25) is 0 Å². The van der Waals surface area contributed by atoms with Gasteiger partial charge in [0.15, 0.2) is 5.78 Å². The molecule has 1 fully saturated rings. The van der Waals surface area contributed by atoms with Gasteiger partial charge in [0.1, 0.15) is 12.1 Å². The number of carboxylic acid groups (broad SMARTS) is 1. The Morgan fingerprint density at radius 3 is 2.16 bits per heavy atom. The van der Waals surface area contributed by atoms with Crippen molar-refractivity contribution in [3.63, 3.8) is 0 Å². The summed E-state index contributed by atoms with van der Waals surface area (Å²) in [5.74, 6) is -0.573. The largest absolute Gasteiger partial charge is 0.521 e. The highest BCUT2D eigenvalue weighted by molar-refractivity contribution is 5.88. The van der Waals surface area contributed by atoms with Crippen LogP contribution in [0.1, 0.15) is 43.7 Å². The number of Topliss-reactive ketones (excluding diaryl/α,β-unsaturated/α-hetero) is 1. The summed E-state index contributed by atoms with van der Waals surface area (Å²) in [4.78, 5) is 37.8. The highest BCUT2D eigenvalue weighted by Crippen LogP contribution is 2.29. The van der Waals surface area contributed by atoms with E-state index >= 15 is 0 Å². The van der Waals surface area contributed by atoms with Crippen LogP contribution in [-0.4, -0.2) is 46.1 Å². The normalized spacial score (nSPS) is 21.5. The molecular formula is C25H30NO5+. The summed E-state index contributed by atoms with van der Waals surface area (Å²) in [5.41, 5.74) is 1.94. The Morgan fingerprint density at radius 1 is 1.00 bits per heavy atom. The first kappa shape index (κ1) is 22.8. The monoisotopic (exact) mass is 424 g/mol. The summed E-state index contributed by atoms with van der Waals surface area (Å²) in [6.07, 6.45) is -0.114. The molecule has 6 nitrogen and oxygen atoms in total. The Kier molecular flexibility index (Phi) is 7.71. The van der Waals surface area contributed by atoms with Crippen molar-refractivity contribution in [2.75, 3.05) is 6.54 Å². The van der Waals surface area contributed by atoms with Crippen molar-refractivity contribution in [3.8, 4) is 0 Å². The zero-order chi connectivity index (χ0) is 22.3. The van der Waals surface area contributed by atoms with Crippen LogP contribution in [0.25, 0.3) is 0 Å². The van der Waals surface area contributed by atoms with E-state index in [9.17, 15) is 19.5 Å². The SMILES string of the molecule is C[C@@H]1CCC[N+]1(C(=O)O)C(=O)CCC(=O)[C@H](Cc1ccccc1)OCc1ccccc1. The van der Waals surface area contributed by atoms with Gasteiger partial charge in [0, 0.05) is 25.7 Å². The van der Waals surface area contributed by atoms with Crippen LogP contribution in [0.3, 0.4) is 0 Å². The number of carbonyl (C=O) groups is 3. The molecule has 164 valence electrons. The summed E-state index contributed by atoms with van der Waals surface area (Å²) < 4.78 is 5.40. The number of amides is 2. The molecule has 2 amide bonds. The van der Waals surface area contributed by atoms with Crippen LogP contribution in [0, 0.1) is 0 Å². The van der Waals surface area contributed by atoms with Crippen molar-refractivity contribution in [3.05, 3.63) is 71.8 Å². The van der Waals surface area contributed by atoms with E-state index < -0.39 is 22.6 Å². The highest BCUT2D eigenvalue weighted by atomic mass is 16.5. The molecule has 0 radical (unpaired) electrons. The number of ketones is 1. The average molecular weight is 425 g/mol. The third-order valence-electron chi connectivity index (χ3n) is 6.17. The minimum absolute atomic E-state index is 0.0227. The summed E-state index contributed by atoms with van der Waals surface area (Å²) in [5, 5.41) is 9.73. The third kappa shape index (κ3) is 5.46. The first-order valence-corrected chi connectivity index (χ1v) is 10.8. The maximum atomic E-state index is 13.0. The molecule has 3 rings (SSSR count). The quantitative estimate of drug-likeness (QED) is 0.605. The van der Waals surface area contributed by atoms with Gasteiger partial charge in [-0.15, -0.1) is 0 Å². The first-order chi connectivity index (χ1) is 14.9. The Hall–Kier alpha value is -2.83. The number of benzene rings is 2.